The normalized spacial score (nSPS) is 10.3. The van der Waals surface area contributed by atoms with Crippen LogP contribution in [-0.4, -0.2) is 21.7 Å². The number of carboxylic acid groups (broad SMARTS) is 1. The Bertz CT molecular complexity index is 564. The minimum absolute atomic E-state index is 0.244. The number of aromatic carboxylic acids is 1. The first-order valence-corrected chi connectivity index (χ1v) is 7.22. The van der Waals surface area contributed by atoms with Gasteiger partial charge in [0.1, 0.15) is 10.6 Å². The molecule has 6 heteroatoms. The van der Waals surface area contributed by atoms with E-state index < -0.39 is 5.97 Å². The second-order valence-electron chi connectivity index (χ2n) is 3.63. The van der Waals surface area contributed by atoms with Crippen LogP contribution in [0.4, 0.5) is 10.7 Å². The minimum Gasteiger partial charge on any atom is -0.478 e. The third kappa shape index (κ3) is 2.65. The van der Waals surface area contributed by atoms with Crippen LogP contribution < -0.4 is 5.32 Å². The lowest BCUT2D eigenvalue weighted by Gasteiger charge is -2.05. The van der Waals surface area contributed by atoms with Gasteiger partial charge in [-0.05, 0) is 49.0 Å². The summed E-state index contributed by atoms with van der Waals surface area (Å²) in [6, 6.07) is 7.82. The molecule has 1 heterocycles. The van der Waals surface area contributed by atoms with E-state index >= 15 is 0 Å². The van der Waals surface area contributed by atoms with Gasteiger partial charge in [-0.1, -0.05) is 0 Å². The van der Waals surface area contributed by atoms with Crippen molar-refractivity contribution in [3.63, 3.8) is 0 Å². The van der Waals surface area contributed by atoms with E-state index in [-0.39, 0.29) is 5.56 Å². The molecule has 0 aliphatic rings. The molecule has 0 atom stereocenters. The summed E-state index contributed by atoms with van der Waals surface area (Å²) in [6.45, 7) is 1.70. The third-order valence-electron chi connectivity index (χ3n) is 2.42. The molecular weight excluding hydrogens is 268 g/mol. The van der Waals surface area contributed by atoms with Gasteiger partial charge in [0, 0.05) is 10.6 Å². The fourth-order valence-electron chi connectivity index (χ4n) is 1.51. The molecule has 0 fully saturated rings. The molecule has 2 N–H and O–H groups in total. The van der Waals surface area contributed by atoms with E-state index in [1.165, 1.54) is 4.90 Å². The standard InChI is InChI=1S/C12H12N2O2S2/c1-7-10(12(15)16)11(18-14-7)13-8-3-5-9(17-2)6-4-8/h3-6,13H,1-2H3,(H,15,16). The predicted octanol–water partition coefficient (Wildman–Crippen LogP) is 3.62. The molecule has 18 heavy (non-hydrogen) atoms. The fourth-order valence-corrected chi connectivity index (χ4v) is 2.73. The predicted molar refractivity (Wildman–Crippen MR) is 75.3 cm³/mol. The number of hydrogen-bond acceptors (Lipinski definition) is 5. The van der Waals surface area contributed by atoms with Crippen LogP contribution >= 0.6 is 23.3 Å². The van der Waals surface area contributed by atoms with Crippen molar-refractivity contribution in [2.45, 2.75) is 11.8 Å². The fraction of sp³-hybridized carbons (Fsp3) is 0.167. The lowest BCUT2D eigenvalue weighted by molar-refractivity contribution is 0.0697. The average molecular weight is 280 g/mol. The van der Waals surface area contributed by atoms with Gasteiger partial charge in [-0.25, -0.2) is 4.79 Å². The molecule has 0 aliphatic heterocycles. The summed E-state index contributed by atoms with van der Waals surface area (Å²) in [5.74, 6) is -0.954. The molecule has 2 rings (SSSR count). The smallest absolute Gasteiger partial charge is 0.340 e. The van der Waals surface area contributed by atoms with Crippen molar-refractivity contribution in [2.75, 3.05) is 11.6 Å². The van der Waals surface area contributed by atoms with E-state index in [0.29, 0.717) is 10.7 Å². The number of rotatable bonds is 4. The van der Waals surface area contributed by atoms with Gasteiger partial charge in [0.25, 0.3) is 0 Å². The van der Waals surface area contributed by atoms with Gasteiger partial charge < -0.3 is 10.4 Å². The number of thioether (sulfide) groups is 1. The Kier molecular flexibility index (Phi) is 3.88. The number of nitrogens with one attached hydrogen (secondary N) is 1. The number of benzene rings is 1. The van der Waals surface area contributed by atoms with Crippen molar-refractivity contribution in [3.05, 3.63) is 35.5 Å². The number of carboxylic acids is 1. The van der Waals surface area contributed by atoms with Gasteiger partial charge in [0.15, 0.2) is 0 Å². The molecule has 0 spiro atoms. The Morgan fingerprint density at radius 1 is 1.39 bits per heavy atom. The molecule has 0 bridgehead atoms. The zero-order chi connectivity index (χ0) is 13.1. The third-order valence-corrected chi connectivity index (χ3v) is 4.02. The first kappa shape index (κ1) is 12.9. The highest BCUT2D eigenvalue weighted by Crippen LogP contribution is 2.28. The Morgan fingerprint density at radius 2 is 2.06 bits per heavy atom. The van der Waals surface area contributed by atoms with Crippen LogP contribution in [-0.2, 0) is 0 Å². The van der Waals surface area contributed by atoms with E-state index in [4.69, 9.17) is 5.11 Å². The van der Waals surface area contributed by atoms with Gasteiger partial charge in [-0.3, -0.25) is 0 Å². The summed E-state index contributed by atoms with van der Waals surface area (Å²) >= 11 is 2.83. The summed E-state index contributed by atoms with van der Waals surface area (Å²) < 4.78 is 4.06. The maximum Gasteiger partial charge on any atom is 0.340 e. The van der Waals surface area contributed by atoms with Gasteiger partial charge in [-0.15, -0.1) is 11.8 Å². The quantitative estimate of drug-likeness (QED) is 0.838. The monoisotopic (exact) mass is 280 g/mol. The molecular formula is C12H12N2O2S2. The molecule has 94 valence electrons. The number of nitrogens with zero attached hydrogens (tertiary/aromatic N) is 1. The van der Waals surface area contributed by atoms with Gasteiger partial charge in [0.2, 0.25) is 0 Å². The van der Waals surface area contributed by atoms with Crippen molar-refractivity contribution < 1.29 is 9.90 Å². The van der Waals surface area contributed by atoms with Crippen molar-refractivity contribution in [2.24, 2.45) is 0 Å². The molecule has 0 amide bonds. The Morgan fingerprint density at radius 3 is 2.61 bits per heavy atom. The van der Waals surface area contributed by atoms with Gasteiger partial charge >= 0.3 is 5.97 Å². The summed E-state index contributed by atoms with van der Waals surface area (Å²) in [5.41, 5.74) is 1.64. The molecule has 4 nitrogen and oxygen atoms in total. The van der Waals surface area contributed by atoms with Crippen LogP contribution in [0.3, 0.4) is 0 Å². The van der Waals surface area contributed by atoms with E-state index in [2.05, 4.69) is 9.69 Å². The number of anilines is 2. The number of hydrogen-bond donors (Lipinski definition) is 2. The Labute approximate surface area is 113 Å². The minimum atomic E-state index is -0.954. The molecule has 0 radical (unpaired) electrons. The Hall–Kier alpha value is -1.53. The van der Waals surface area contributed by atoms with Crippen molar-refractivity contribution in [1.29, 1.82) is 0 Å². The van der Waals surface area contributed by atoms with Crippen molar-refractivity contribution >= 4 is 40.0 Å². The molecule has 0 aliphatic carbocycles. The zero-order valence-corrected chi connectivity index (χ0v) is 11.6. The van der Waals surface area contributed by atoms with Gasteiger partial charge in [-0.2, -0.15) is 4.37 Å². The van der Waals surface area contributed by atoms with E-state index in [0.717, 1.165) is 17.2 Å². The summed E-state index contributed by atoms with van der Waals surface area (Å²) in [7, 11) is 0. The maximum atomic E-state index is 11.1. The molecule has 2 aromatic rings. The SMILES string of the molecule is CSc1ccc(Nc2snc(C)c2C(=O)O)cc1. The van der Waals surface area contributed by atoms with Crippen LogP contribution in [0.5, 0.6) is 0 Å². The van der Waals surface area contributed by atoms with Crippen LogP contribution in [0.25, 0.3) is 0 Å². The zero-order valence-electron chi connectivity index (χ0n) is 9.93. The summed E-state index contributed by atoms with van der Waals surface area (Å²) in [6.07, 6.45) is 2.01. The maximum absolute atomic E-state index is 11.1. The lowest BCUT2D eigenvalue weighted by atomic mass is 10.2. The lowest BCUT2D eigenvalue weighted by Crippen LogP contribution is -2.01. The Balaban J connectivity index is 2.25. The first-order chi connectivity index (χ1) is 8.61. The van der Waals surface area contributed by atoms with E-state index in [1.54, 1.807) is 18.7 Å². The highest BCUT2D eigenvalue weighted by atomic mass is 32.2. The highest BCUT2D eigenvalue weighted by Gasteiger charge is 2.17. The molecule has 0 unspecified atom stereocenters. The number of aryl methyl sites for hydroxylation is 1. The first-order valence-electron chi connectivity index (χ1n) is 5.22. The highest BCUT2D eigenvalue weighted by molar-refractivity contribution is 7.98. The number of carbonyl (C=O) groups is 1. The van der Waals surface area contributed by atoms with E-state index in [1.807, 2.05) is 30.5 Å². The molecule has 0 saturated heterocycles. The van der Waals surface area contributed by atoms with Crippen LogP contribution in [0, 0.1) is 6.92 Å². The van der Waals surface area contributed by atoms with Crippen molar-refractivity contribution in [1.82, 2.24) is 4.37 Å². The van der Waals surface area contributed by atoms with Crippen LogP contribution in [0.15, 0.2) is 29.2 Å². The molecule has 0 saturated carbocycles. The summed E-state index contributed by atoms with van der Waals surface area (Å²) in [4.78, 5) is 12.3. The molecule has 1 aromatic heterocycles. The topological polar surface area (TPSA) is 62.2 Å². The second kappa shape index (κ2) is 5.41. The summed E-state index contributed by atoms with van der Waals surface area (Å²) in [5, 5.41) is 12.8. The molecule has 1 aromatic carbocycles. The van der Waals surface area contributed by atoms with Crippen molar-refractivity contribution in [3.8, 4) is 0 Å². The van der Waals surface area contributed by atoms with Crippen LogP contribution in [0.2, 0.25) is 0 Å². The van der Waals surface area contributed by atoms with E-state index in [9.17, 15) is 4.79 Å². The largest absolute Gasteiger partial charge is 0.478 e. The van der Waals surface area contributed by atoms with Crippen LogP contribution in [0.1, 0.15) is 16.1 Å². The van der Waals surface area contributed by atoms with Gasteiger partial charge in [0.05, 0.1) is 5.69 Å². The second-order valence-corrected chi connectivity index (χ2v) is 5.28. The average Bonchev–Trinajstić information content (AvgIpc) is 2.71. The number of aromatic nitrogens is 1.